The molecule has 1 amide bonds. The molecule has 0 aromatic heterocycles. The minimum Gasteiger partial charge on any atom is -0.312 e. The maximum absolute atomic E-state index is 13.3. The first kappa shape index (κ1) is 18.5. The SMILES string of the molecule is C[C@@H](c1ccccc1)N1C=C2CCCC[C@H]2[C@H](c2ccc(Br)cc2)CC1=O. The highest BCUT2D eigenvalue weighted by molar-refractivity contribution is 9.10. The average Bonchev–Trinajstić information content (AvgIpc) is 2.85. The van der Waals surface area contributed by atoms with Gasteiger partial charge in [-0.1, -0.05) is 70.4 Å². The minimum absolute atomic E-state index is 0.0671. The smallest absolute Gasteiger partial charge is 0.227 e. The van der Waals surface area contributed by atoms with E-state index in [4.69, 9.17) is 0 Å². The molecule has 0 radical (unpaired) electrons. The molecule has 2 aromatic carbocycles. The van der Waals surface area contributed by atoms with Gasteiger partial charge in [-0.05, 0) is 61.3 Å². The van der Waals surface area contributed by atoms with Gasteiger partial charge in [-0.2, -0.15) is 0 Å². The summed E-state index contributed by atoms with van der Waals surface area (Å²) in [6.07, 6.45) is 7.58. The molecule has 1 aliphatic carbocycles. The molecule has 0 bridgehead atoms. The number of hydrogen-bond acceptors (Lipinski definition) is 1. The van der Waals surface area contributed by atoms with Crippen LogP contribution in [0.3, 0.4) is 0 Å². The number of rotatable bonds is 3. The largest absolute Gasteiger partial charge is 0.312 e. The Balaban J connectivity index is 1.69. The molecule has 1 heterocycles. The molecule has 3 heteroatoms. The van der Waals surface area contributed by atoms with Gasteiger partial charge in [0.2, 0.25) is 5.91 Å². The van der Waals surface area contributed by atoms with E-state index in [1.54, 1.807) is 0 Å². The van der Waals surface area contributed by atoms with Crippen molar-refractivity contribution >= 4 is 21.8 Å². The van der Waals surface area contributed by atoms with Gasteiger partial charge in [-0.3, -0.25) is 4.79 Å². The lowest BCUT2D eigenvalue weighted by Crippen LogP contribution is -2.29. The van der Waals surface area contributed by atoms with E-state index in [2.05, 4.69) is 77.6 Å². The molecular formula is C24H26BrNO. The summed E-state index contributed by atoms with van der Waals surface area (Å²) in [6.45, 7) is 2.14. The van der Waals surface area contributed by atoms with Crippen LogP contribution in [0.1, 0.15) is 62.1 Å². The number of halogens is 1. The van der Waals surface area contributed by atoms with E-state index in [0.29, 0.717) is 12.3 Å². The first-order valence-electron chi connectivity index (χ1n) is 9.95. The normalized spacial score (nSPS) is 24.0. The molecule has 0 spiro atoms. The van der Waals surface area contributed by atoms with Crippen molar-refractivity contribution in [1.29, 1.82) is 0 Å². The summed E-state index contributed by atoms with van der Waals surface area (Å²) in [6, 6.07) is 19.0. The fourth-order valence-electron chi connectivity index (χ4n) is 4.65. The van der Waals surface area contributed by atoms with Crippen LogP contribution in [0.15, 0.2) is 70.8 Å². The van der Waals surface area contributed by atoms with Crippen LogP contribution in [0.5, 0.6) is 0 Å². The highest BCUT2D eigenvalue weighted by Gasteiger charge is 2.36. The van der Waals surface area contributed by atoms with Crippen LogP contribution in [-0.2, 0) is 4.79 Å². The zero-order valence-electron chi connectivity index (χ0n) is 15.8. The summed E-state index contributed by atoms with van der Waals surface area (Å²) in [5, 5.41) is 0. The van der Waals surface area contributed by atoms with Crippen molar-refractivity contribution in [2.75, 3.05) is 0 Å². The first-order valence-corrected chi connectivity index (χ1v) is 10.7. The molecule has 2 aliphatic rings. The second-order valence-electron chi connectivity index (χ2n) is 7.81. The van der Waals surface area contributed by atoms with Crippen molar-refractivity contribution in [2.24, 2.45) is 5.92 Å². The van der Waals surface area contributed by atoms with Gasteiger partial charge in [-0.15, -0.1) is 0 Å². The second kappa shape index (κ2) is 8.02. The molecule has 0 unspecified atom stereocenters. The number of allylic oxidation sites excluding steroid dienone is 1. The van der Waals surface area contributed by atoms with Crippen molar-refractivity contribution in [1.82, 2.24) is 4.90 Å². The Labute approximate surface area is 170 Å². The van der Waals surface area contributed by atoms with Crippen molar-refractivity contribution in [3.8, 4) is 0 Å². The van der Waals surface area contributed by atoms with E-state index >= 15 is 0 Å². The lowest BCUT2D eigenvalue weighted by molar-refractivity contribution is -0.130. The Morgan fingerprint density at radius 2 is 1.74 bits per heavy atom. The van der Waals surface area contributed by atoms with Gasteiger partial charge < -0.3 is 4.90 Å². The van der Waals surface area contributed by atoms with Gasteiger partial charge in [0.05, 0.1) is 6.04 Å². The fraction of sp³-hybridized carbons (Fsp3) is 0.375. The molecule has 1 aliphatic heterocycles. The van der Waals surface area contributed by atoms with Gasteiger partial charge in [-0.25, -0.2) is 0 Å². The third-order valence-electron chi connectivity index (χ3n) is 6.18. The van der Waals surface area contributed by atoms with Crippen LogP contribution in [-0.4, -0.2) is 10.8 Å². The van der Waals surface area contributed by atoms with Crippen LogP contribution < -0.4 is 0 Å². The van der Waals surface area contributed by atoms with Crippen molar-refractivity contribution in [3.63, 3.8) is 0 Å². The minimum atomic E-state index is 0.0671. The molecule has 2 aromatic rings. The summed E-state index contributed by atoms with van der Waals surface area (Å²) in [5.74, 6) is 1.00. The summed E-state index contributed by atoms with van der Waals surface area (Å²) in [7, 11) is 0. The third-order valence-corrected chi connectivity index (χ3v) is 6.71. The van der Waals surface area contributed by atoms with Gasteiger partial charge in [0, 0.05) is 17.1 Å². The molecule has 2 nitrogen and oxygen atoms in total. The number of fused-ring (bicyclic) bond motifs is 1. The van der Waals surface area contributed by atoms with E-state index in [9.17, 15) is 4.79 Å². The number of benzene rings is 2. The van der Waals surface area contributed by atoms with E-state index in [1.807, 2.05) is 11.0 Å². The highest BCUT2D eigenvalue weighted by Crippen LogP contribution is 2.45. The van der Waals surface area contributed by atoms with Crippen molar-refractivity contribution in [2.45, 2.75) is 51.0 Å². The van der Waals surface area contributed by atoms with E-state index < -0.39 is 0 Å². The Morgan fingerprint density at radius 3 is 2.48 bits per heavy atom. The van der Waals surface area contributed by atoms with E-state index in [0.717, 1.165) is 10.9 Å². The third kappa shape index (κ3) is 3.89. The van der Waals surface area contributed by atoms with Crippen molar-refractivity contribution < 1.29 is 4.79 Å². The molecule has 1 fully saturated rings. The lowest BCUT2D eigenvalue weighted by atomic mass is 9.73. The molecule has 4 rings (SSSR count). The molecular weight excluding hydrogens is 398 g/mol. The maximum Gasteiger partial charge on any atom is 0.227 e. The van der Waals surface area contributed by atoms with Gasteiger partial charge >= 0.3 is 0 Å². The summed E-state index contributed by atoms with van der Waals surface area (Å²) < 4.78 is 1.09. The van der Waals surface area contributed by atoms with Crippen LogP contribution >= 0.6 is 15.9 Å². The number of carbonyl (C=O) groups is 1. The van der Waals surface area contributed by atoms with Gasteiger partial charge in [0.1, 0.15) is 0 Å². The zero-order valence-corrected chi connectivity index (χ0v) is 17.4. The van der Waals surface area contributed by atoms with E-state index in [1.165, 1.54) is 36.0 Å². The van der Waals surface area contributed by atoms with Crippen LogP contribution in [0.25, 0.3) is 0 Å². The standard InChI is InChI=1S/C24H26BrNO/c1-17(18-7-3-2-4-8-18)26-16-20-9-5-6-10-22(20)23(15-24(26)27)19-11-13-21(25)14-12-19/h2-4,7-8,11-14,16-17,22-23H,5-6,9-10,15H2,1H3/t17-,22+,23-/m0/s1. The lowest BCUT2D eigenvalue weighted by Gasteiger charge is -2.31. The maximum atomic E-state index is 13.3. The summed E-state index contributed by atoms with van der Waals surface area (Å²) in [5.41, 5.74) is 3.94. The number of amides is 1. The molecule has 140 valence electrons. The topological polar surface area (TPSA) is 20.3 Å². The number of carbonyl (C=O) groups excluding carboxylic acids is 1. The van der Waals surface area contributed by atoms with Crippen LogP contribution in [0.2, 0.25) is 0 Å². The zero-order chi connectivity index (χ0) is 18.8. The molecule has 0 saturated heterocycles. The van der Waals surface area contributed by atoms with Crippen molar-refractivity contribution in [3.05, 3.63) is 82.0 Å². The number of nitrogens with zero attached hydrogens (tertiary/aromatic N) is 1. The summed E-state index contributed by atoms with van der Waals surface area (Å²) in [4.78, 5) is 15.3. The number of hydrogen-bond donors (Lipinski definition) is 0. The van der Waals surface area contributed by atoms with Crippen LogP contribution in [0, 0.1) is 5.92 Å². The first-order chi connectivity index (χ1) is 13.1. The molecule has 27 heavy (non-hydrogen) atoms. The predicted molar refractivity (Wildman–Crippen MR) is 113 cm³/mol. The molecule has 3 atom stereocenters. The Morgan fingerprint density at radius 1 is 1.00 bits per heavy atom. The van der Waals surface area contributed by atoms with Gasteiger partial charge in [0.25, 0.3) is 0 Å². The average molecular weight is 424 g/mol. The van der Waals surface area contributed by atoms with Gasteiger partial charge in [0.15, 0.2) is 0 Å². The second-order valence-corrected chi connectivity index (χ2v) is 8.72. The Hall–Kier alpha value is -1.87. The Bertz CT molecular complexity index is 827. The Kier molecular flexibility index (Phi) is 5.49. The quantitative estimate of drug-likeness (QED) is 0.544. The predicted octanol–water partition coefficient (Wildman–Crippen LogP) is 6.60. The monoisotopic (exact) mass is 423 g/mol. The van der Waals surface area contributed by atoms with Crippen LogP contribution in [0.4, 0.5) is 0 Å². The summed E-state index contributed by atoms with van der Waals surface area (Å²) >= 11 is 3.53. The fourth-order valence-corrected chi connectivity index (χ4v) is 4.91. The molecule has 0 N–H and O–H groups in total. The molecule has 1 saturated carbocycles. The highest BCUT2D eigenvalue weighted by atomic mass is 79.9. The van der Waals surface area contributed by atoms with E-state index in [-0.39, 0.29) is 17.9 Å².